The van der Waals surface area contributed by atoms with Gasteiger partial charge in [-0.05, 0) is 49.1 Å². The van der Waals surface area contributed by atoms with Gasteiger partial charge in [-0.3, -0.25) is 4.79 Å². The van der Waals surface area contributed by atoms with Gasteiger partial charge in [0.2, 0.25) is 0 Å². The maximum Gasteiger partial charge on any atom is 0.272 e. The maximum atomic E-state index is 12.9. The normalized spacial score (nSPS) is 14.9. The van der Waals surface area contributed by atoms with Crippen LogP contribution in [-0.4, -0.2) is 28.7 Å². The second-order valence-electron chi connectivity index (χ2n) is 6.42. The van der Waals surface area contributed by atoms with Crippen molar-refractivity contribution in [1.29, 1.82) is 0 Å². The van der Waals surface area contributed by atoms with E-state index < -0.39 is 0 Å². The average Bonchev–Trinajstić information content (AvgIpc) is 2.65. The molecule has 0 unspecified atom stereocenters. The average molecular weight is 342 g/mol. The number of benzene rings is 1. The van der Waals surface area contributed by atoms with Crippen molar-refractivity contribution >= 4 is 11.7 Å². The topological polar surface area (TPSA) is 66.9 Å². The maximum absolute atomic E-state index is 12.9. The molecule has 0 bridgehead atoms. The van der Waals surface area contributed by atoms with Crippen LogP contribution >= 0.6 is 0 Å². The molecule has 1 aromatic heterocycles. The highest BCUT2D eigenvalue weighted by Gasteiger charge is 2.17. The van der Waals surface area contributed by atoms with Crippen LogP contribution in [0.2, 0.25) is 0 Å². The number of halogens is 1. The Morgan fingerprint density at radius 1 is 1.04 bits per heavy atom. The summed E-state index contributed by atoms with van der Waals surface area (Å²) in [5.41, 5.74) is 1.39. The van der Waals surface area contributed by atoms with Crippen LogP contribution in [-0.2, 0) is 6.42 Å². The Morgan fingerprint density at radius 2 is 1.80 bits per heavy atom. The van der Waals surface area contributed by atoms with Crippen molar-refractivity contribution < 1.29 is 9.18 Å². The second kappa shape index (κ2) is 8.55. The third kappa shape index (κ3) is 5.24. The van der Waals surface area contributed by atoms with Gasteiger partial charge in [-0.25, -0.2) is 4.39 Å². The first kappa shape index (κ1) is 17.3. The van der Waals surface area contributed by atoms with Crippen molar-refractivity contribution in [2.75, 3.05) is 11.9 Å². The zero-order chi connectivity index (χ0) is 17.5. The molecule has 0 aliphatic heterocycles. The van der Waals surface area contributed by atoms with E-state index in [1.54, 1.807) is 24.3 Å². The van der Waals surface area contributed by atoms with Crippen molar-refractivity contribution in [3.63, 3.8) is 0 Å². The van der Waals surface area contributed by atoms with Gasteiger partial charge in [0.15, 0.2) is 5.69 Å². The molecular weight excluding hydrogens is 319 g/mol. The molecule has 0 saturated heterocycles. The summed E-state index contributed by atoms with van der Waals surface area (Å²) in [5, 5.41) is 14.3. The molecule has 25 heavy (non-hydrogen) atoms. The fraction of sp³-hybridized carbons (Fsp3) is 0.421. The molecule has 1 aromatic carbocycles. The summed E-state index contributed by atoms with van der Waals surface area (Å²) in [4.78, 5) is 12.2. The molecule has 1 fully saturated rings. The van der Waals surface area contributed by atoms with Crippen LogP contribution in [0.25, 0.3) is 0 Å². The summed E-state index contributed by atoms with van der Waals surface area (Å²) in [6.07, 6.45) is 6.45. The SMILES string of the molecule is O=C(NC1CCCCC1)c1ccc(NCCc2ccc(F)cc2)nn1. The molecule has 1 amide bonds. The Morgan fingerprint density at radius 3 is 2.48 bits per heavy atom. The number of hydrogen-bond donors (Lipinski definition) is 2. The lowest BCUT2D eigenvalue weighted by atomic mass is 9.95. The van der Waals surface area contributed by atoms with Gasteiger partial charge in [-0.15, -0.1) is 10.2 Å². The molecule has 0 spiro atoms. The summed E-state index contributed by atoms with van der Waals surface area (Å²) >= 11 is 0. The van der Waals surface area contributed by atoms with Gasteiger partial charge in [-0.2, -0.15) is 0 Å². The monoisotopic (exact) mass is 342 g/mol. The summed E-state index contributed by atoms with van der Waals surface area (Å²) in [6, 6.07) is 10.1. The van der Waals surface area contributed by atoms with Gasteiger partial charge >= 0.3 is 0 Å². The van der Waals surface area contributed by atoms with Gasteiger partial charge in [0, 0.05) is 12.6 Å². The Kier molecular flexibility index (Phi) is 5.93. The van der Waals surface area contributed by atoms with E-state index in [0.29, 0.717) is 18.1 Å². The number of carbonyl (C=O) groups is 1. The van der Waals surface area contributed by atoms with Crippen molar-refractivity contribution in [1.82, 2.24) is 15.5 Å². The van der Waals surface area contributed by atoms with Crippen LogP contribution in [0.1, 0.15) is 48.2 Å². The molecule has 0 radical (unpaired) electrons. The van der Waals surface area contributed by atoms with Gasteiger partial charge in [0.1, 0.15) is 11.6 Å². The van der Waals surface area contributed by atoms with Crippen LogP contribution in [0.5, 0.6) is 0 Å². The highest BCUT2D eigenvalue weighted by Crippen LogP contribution is 2.17. The lowest BCUT2D eigenvalue weighted by Crippen LogP contribution is -2.36. The highest BCUT2D eigenvalue weighted by molar-refractivity contribution is 5.92. The number of hydrogen-bond acceptors (Lipinski definition) is 4. The lowest BCUT2D eigenvalue weighted by Gasteiger charge is -2.22. The molecule has 1 aliphatic carbocycles. The summed E-state index contributed by atoms with van der Waals surface area (Å²) in [7, 11) is 0. The number of anilines is 1. The largest absolute Gasteiger partial charge is 0.368 e. The quantitative estimate of drug-likeness (QED) is 0.845. The molecule has 0 atom stereocenters. The van der Waals surface area contributed by atoms with Crippen LogP contribution in [0, 0.1) is 5.82 Å². The molecule has 132 valence electrons. The summed E-state index contributed by atoms with van der Waals surface area (Å²) in [6.45, 7) is 0.661. The minimum Gasteiger partial charge on any atom is -0.368 e. The Labute approximate surface area is 147 Å². The van der Waals surface area contributed by atoms with E-state index in [2.05, 4.69) is 20.8 Å². The van der Waals surface area contributed by atoms with Crippen LogP contribution in [0.4, 0.5) is 10.2 Å². The molecule has 2 aromatic rings. The molecule has 2 N–H and O–H groups in total. The highest BCUT2D eigenvalue weighted by atomic mass is 19.1. The van der Waals surface area contributed by atoms with E-state index in [1.165, 1.54) is 31.4 Å². The van der Waals surface area contributed by atoms with E-state index >= 15 is 0 Å². The number of rotatable bonds is 6. The Balaban J connectivity index is 1.46. The van der Waals surface area contributed by atoms with Crippen molar-refractivity contribution in [3.05, 3.63) is 53.5 Å². The van der Waals surface area contributed by atoms with Crippen LogP contribution in [0.3, 0.4) is 0 Å². The lowest BCUT2D eigenvalue weighted by molar-refractivity contribution is 0.0921. The number of nitrogens with one attached hydrogen (secondary N) is 2. The number of aromatic nitrogens is 2. The van der Waals surface area contributed by atoms with Gasteiger partial charge in [0.25, 0.3) is 5.91 Å². The Hall–Kier alpha value is -2.50. The second-order valence-corrected chi connectivity index (χ2v) is 6.42. The fourth-order valence-corrected chi connectivity index (χ4v) is 3.04. The van der Waals surface area contributed by atoms with Gasteiger partial charge < -0.3 is 10.6 Å². The van der Waals surface area contributed by atoms with Crippen molar-refractivity contribution in [3.8, 4) is 0 Å². The first-order chi connectivity index (χ1) is 12.2. The zero-order valence-corrected chi connectivity index (χ0v) is 14.2. The summed E-state index contributed by atoms with van der Waals surface area (Å²) in [5.74, 6) is 0.234. The number of carbonyl (C=O) groups excluding carboxylic acids is 1. The van der Waals surface area contributed by atoms with E-state index in [0.717, 1.165) is 24.8 Å². The van der Waals surface area contributed by atoms with Crippen LogP contribution < -0.4 is 10.6 Å². The van der Waals surface area contributed by atoms with Gasteiger partial charge in [0.05, 0.1) is 0 Å². The van der Waals surface area contributed by atoms with Crippen LogP contribution in [0.15, 0.2) is 36.4 Å². The molecular formula is C19H23FN4O. The van der Waals surface area contributed by atoms with Crippen molar-refractivity contribution in [2.45, 2.75) is 44.6 Å². The van der Waals surface area contributed by atoms with E-state index in [4.69, 9.17) is 0 Å². The van der Waals surface area contributed by atoms with E-state index in [9.17, 15) is 9.18 Å². The molecule has 1 heterocycles. The standard InChI is InChI=1S/C19H23FN4O/c20-15-8-6-14(7-9-15)12-13-21-18-11-10-17(23-24-18)19(25)22-16-4-2-1-3-5-16/h6-11,16H,1-5,12-13H2,(H,21,24)(H,22,25). The molecule has 6 heteroatoms. The van der Waals surface area contributed by atoms with Crippen molar-refractivity contribution in [2.24, 2.45) is 0 Å². The first-order valence-corrected chi connectivity index (χ1v) is 8.83. The minimum absolute atomic E-state index is 0.155. The number of amides is 1. The summed E-state index contributed by atoms with van der Waals surface area (Å²) < 4.78 is 12.9. The Bertz CT molecular complexity index is 682. The van der Waals surface area contributed by atoms with Gasteiger partial charge in [-0.1, -0.05) is 31.4 Å². The predicted octanol–water partition coefficient (Wildman–Crippen LogP) is 3.33. The fourth-order valence-electron chi connectivity index (χ4n) is 3.04. The molecule has 5 nitrogen and oxygen atoms in total. The predicted molar refractivity (Wildman–Crippen MR) is 95.0 cm³/mol. The minimum atomic E-state index is -0.232. The van der Waals surface area contributed by atoms with E-state index in [1.807, 2.05) is 0 Å². The smallest absolute Gasteiger partial charge is 0.272 e. The zero-order valence-electron chi connectivity index (χ0n) is 14.2. The van der Waals surface area contributed by atoms with E-state index in [-0.39, 0.29) is 17.8 Å². The number of nitrogens with zero attached hydrogens (tertiary/aromatic N) is 2. The molecule has 1 saturated carbocycles. The molecule has 3 rings (SSSR count). The first-order valence-electron chi connectivity index (χ1n) is 8.83. The molecule has 1 aliphatic rings. The third-order valence-corrected chi connectivity index (χ3v) is 4.47. The third-order valence-electron chi connectivity index (χ3n) is 4.47.